The van der Waals surface area contributed by atoms with Crippen molar-refractivity contribution in [3.8, 4) is 0 Å². The van der Waals surface area contributed by atoms with Gasteiger partial charge in [0.15, 0.2) is 0 Å². The molecule has 3 heteroatoms. The van der Waals surface area contributed by atoms with E-state index in [1.165, 1.54) is 16.7 Å². The first-order valence-corrected chi connectivity index (χ1v) is 3.75. The Balaban J connectivity index is -0.000000333. The van der Waals surface area contributed by atoms with E-state index in [0.29, 0.717) is 0 Å². The summed E-state index contributed by atoms with van der Waals surface area (Å²) in [7, 11) is 0. The van der Waals surface area contributed by atoms with Crippen LogP contribution in [0.5, 0.6) is 0 Å². The van der Waals surface area contributed by atoms with Gasteiger partial charge in [-0.3, -0.25) is 6.08 Å². The number of hydrogen-bond donors (Lipinski definition) is 0. The normalized spacial score (nSPS) is 18.1. The van der Waals surface area contributed by atoms with E-state index in [9.17, 15) is 0 Å². The summed E-state index contributed by atoms with van der Waals surface area (Å²) in [4.78, 5) is 0. The molecular weight excluding hydrogens is 422 g/mol. The fourth-order valence-corrected chi connectivity index (χ4v) is 1.41. The average molecular weight is 439 g/mol. The molecule has 0 heterocycles. The third-order valence-corrected chi connectivity index (χ3v) is 2.56. The van der Waals surface area contributed by atoms with Gasteiger partial charge >= 0.3 is 0 Å². The Morgan fingerprint density at radius 3 is 1.46 bits per heavy atom. The fourth-order valence-electron chi connectivity index (χ4n) is 1.41. The van der Waals surface area contributed by atoms with E-state index >= 15 is 0 Å². The molecule has 0 aliphatic heterocycles. The van der Waals surface area contributed by atoms with Crippen LogP contribution in [0.15, 0.2) is 16.7 Å². The van der Waals surface area contributed by atoms with Crippen molar-refractivity contribution in [2.24, 2.45) is 5.41 Å². The van der Waals surface area contributed by atoms with Gasteiger partial charge in [-0.25, -0.2) is 5.57 Å². The Hall–Kier alpha value is 1.65. The molecule has 0 radical (unpaired) electrons. The molecule has 0 aromatic heterocycles. The van der Waals surface area contributed by atoms with Crippen molar-refractivity contribution in [3.63, 3.8) is 0 Å². The van der Waals surface area contributed by atoms with Crippen LogP contribution in [0.1, 0.15) is 34.6 Å². The fraction of sp³-hybridized carbons (Fsp3) is 0.600. The second-order valence-corrected chi connectivity index (χ2v) is 3.62. The van der Waals surface area contributed by atoms with E-state index < -0.39 is 0 Å². The molecule has 0 fully saturated rings. The van der Waals surface area contributed by atoms with Crippen molar-refractivity contribution < 1.29 is 21.7 Å². The SMILES string of the molecule is CC1=[C-]C(C)(C)C(C)=C1C.I.I.[Ti]. The zero-order chi connectivity index (χ0) is 7.94. The molecule has 13 heavy (non-hydrogen) atoms. The second kappa shape index (κ2) is 7.02. The van der Waals surface area contributed by atoms with Crippen molar-refractivity contribution in [3.05, 3.63) is 22.8 Å². The number of allylic oxidation sites excluding steroid dienone is 4. The summed E-state index contributed by atoms with van der Waals surface area (Å²) < 4.78 is 0. The van der Waals surface area contributed by atoms with Crippen molar-refractivity contribution in [1.29, 1.82) is 0 Å². The molecule has 0 N–H and O–H groups in total. The van der Waals surface area contributed by atoms with Crippen LogP contribution in [-0.2, 0) is 21.7 Å². The molecule has 0 saturated heterocycles. The first kappa shape index (κ1) is 20.1. The molecule has 0 saturated carbocycles. The molecule has 0 unspecified atom stereocenters. The van der Waals surface area contributed by atoms with Gasteiger partial charge in [0.05, 0.1) is 0 Å². The van der Waals surface area contributed by atoms with Gasteiger partial charge < -0.3 is 0 Å². The Morgan fingerprint density at radius 1 is 1.00 bits per heavy atom. The molecule has 1 rings (SSSR count). The van der Waals surface area contributed by atoms with Crippen LogP contribution in [0.25, 0.3) is 0 Å². The summed E-state index contributed by atoms with van der Waals surface area (Å²) in [6.07, 6.45) is 3.44. The molecule has 0 nitrogen and oxygen atoms in total. The standard InChI is InChI=1S/C10H15.2HI.Ti/c1-7-6-10(4,5)9(3)8(7)2;;;/h1-5H3;2*1H;/q-1;;;. The van der Waals surface area contributed by atoms with E-state index in [2.05, 4.69) is 40.7 Å². The number of rotatable bonds is 0. The third kappa shape index (κ3) is 4.35. The van der Waals surface area contributed by atoms with Crippen LogP contribution < -0.4 is 0 Å². The maximum atomic E-state index is 3.44. The Labute approximate surface area is 131 Å². The van der Waals surface area contributed by atoms with E-state index in [0.717, 1.165) is 0 Å². The maximum Gasteiger partial charge on any atom is 0 e. The minimum Gasteiger partial charge on any atom is -0.263 e. The molecule has 0 atom stereocenters. The van der Waals surface area contributed by atoms with Crippen molar-refractivity contribution >= 4 is 48.0 Å². The van der Waals surface area contributed by atoms with E-state index in [4.69, 9.17) is 0 Å². The van der Waals surface area contributed by atoms with Crippen LogP contribution in [0.4, 0.5) is 0 Å². The van der Waals surface area contributed by atoms with Gasteiger partial charge in [0, 0.05) is 21.7 Å². The second-order valence-electron chi connectivity index (χ2n) is 3.62. The first-order chi connectivity index (χ1) is 4.45. The van der Waals surface area contributed by atoms with Crippen LogP contribution in [0.2, 0.25) is 0 Å². The topological polar surface area (TPSA) is 0 Å². The predicted octanol–water partition coefficient (Wildman–Crippen LogP) is 4.35. The minimum atomic E-state index is 0. The molecule has 1 aliphatic rings. The summed E-state index contributed by atoms with van der Waals surface area (Å²) in [5.74, 6) is 0. The Bertz CT molecular complexity index is 227. The average Bonchev–Trinajstić information content (AvgIpc) is 1.95. The smallest absolute Gasteiger partial charge is 0 e. The van der Waals surface area contributed by atoms with Crippen LogP contribution in [0, 0.1) is 11.5 Å². The summed E-state index contributed by atoms with van der Waals surface area (Å²) in [6.45, 7) is 10.9. The van der Waals surface area contributed by atoms with E-state index in [-0.39, 0.29) is 75.1 Å². The predicted molar refractivity (Wildman–Crippen MR) is 75.4 cm³/mol. The quantitative estimate of drug-likeness (QED) is 0.300. The summed E-state index contributed by atoms with van der Waals surface area (Å²) >= 11 is 0. The summed E-state index contributed by atoms with van der Waals surface area (Å²) in [5.41, 5.74) is 4.39. The van der Waals surface area contributed by atoms with Crippen LogP contribution in [-0.4, -0.2) is 0 Å². The Kier molecular flexibility index (Phi) is 10.9. The van der Waals surface area contributed by atoms with Gasteiger partial charge in [0.1, 0.15) is 0 Å². The summed E-state index contributed by atoms with van der Waals surface area (Å²) in [6, 6.07) is 0. The zero-order valence-electron chi connectivity index (χ0n) is 8.82. The molecule has 1 aliphatic carbocycles. The molecular formula is C10H17I2Ti-. The number of hydrogen-bond acceptors (Lipinski definition) is 0. The van der Waals surface area contributed by atoms with Crippen LogP contribution >= 0.6 is 48.0 Å². The molecule has 0 aromatic rings. The summed E-state index contributed by atoms with van der Waals surface area (Å²) in [5, 5.41) is 0. The first-order valence-electron chi connectivity index (χ1n) is 3.75. The zero-order valence-corrected chi connectivity index (χ0v) is 15.0. The van der Waals surface area contributed by atoms with Gasteiger partial charge in [-0.1, -0.05) is 33.1 Å². The van der Waals surface area contributed by atoms with Gasteiger partial charge in [-0.05, 0) is 0 Å². The molecule has 0 bridgehead atoms. The Morgan fingerprint density at radius 2 is 1.38 bits per heavy atom. The third-order valence-electron chi connectivity index (χ3n) is 2.56. The van der Waals surface area contributed by atoms with Crippen LogP contribution in [0.3, 0.4) is 0 Å². The monoisotopic (exact) mass is 439 g/mol. The number of halogens is 2. The molecule has 76 valence electrons. The maximum absolute atomic E-state index is 3.44. The molecule has 0 spiro atoms. The van der Waals surface area contributed by atoms with Gasteiger partial charge in [-0.2, -0.15) is 11.1 Å². The van der Waals surface area contributed by atoms with Crippen molar-refractivity contribution in [2.45, 2.75) is 34.6 Å². The minimum absolute atomic E-state index is 0. The largest absolute Gasteiger partial charge is 0.263 e. The van der Waals surface area contributed by atoms with Gasteiger partial charge in [-0.15, -0.1) is 54.9 Å². The van der Waals surface area contributed by atoms with Gasteiger partial charge in [0.25, 0.3) is 0 Å². The van der Waals surface area contributed by atoms with Gasteiger partial charge in [0.2, 0.25) is 0 Å². The van der Waals surface area contributed by atoms with Crippen molar-refractivity contribution in [1.82, 2.24) is 0 Å². The molecule has 0 amide bonds. The van der Waals surface area contributed by atoms with E-state index in [1.807, 2.05) is 0 Å². The van der Waals surface area contributed by atoms with Crippen molar-refractivity contribution in [2.75, 3.05) is 0 Å². The van der Waals surface area contributed by atoms with E-state index in [1.54, 1.807) is 0 Å². The molecule has 0 aromatic carbocycles.